The summed E-state index contributed by atoms with van der Waals surface area (Å²) in [5.41, 5.74) is -0.0545. The Kier molecular flexibility index (Phi) is 5.37. The summed E-state index contributed by atoms with van der Waals surface area (Å²) in [6.45, 7) is 2.30. The molecule has 1 atom stereocenters. The molecular formula is C13H19N3O5S2. The van der Waals surface area contributed by atoms with Crippen molar-refractivity contribution in [3.63, 3.8) is 0 Å². The number of aryl methyl sites for hydroxylation is 1. The van der Waals surface area contributed by atoms with Gasteiger partial charge in [0, 0.05) is 25.2 Å². The Balaban J connectivity index is 2.17. The Morgan fingerprint density at radius 2 is 2.22 bits per heavy atom. The summed E-state index contributed by atoms with van der Waals surface area (Å²) >= 11 is 1.10. The SMILES string of the molecule is Cc1sc(C(=O)N2CCCCC2CNS(C)(=O)=O)cc1[N+](=O)[O-]. The van der Waals surface area contributed by atoms with Crippen LogP contribution in [0.2, 0.25) is 0 Å². The third kappa shape index (κ3) is 4.49. The van der Waals surface area contributed by atoms with E-state index < -0.39 is 14.9 Å². The fourth-order valence-corrected chi connectivity index (χ4v) is 4.07. The summed E-state index contributed by atoms with van der Waals surface area (Å²) < 4.78 is 24.9. The van der Waals surface area contributed by atoms with Crippen LogP contribution in [0.3, 0.4) is 0 Å². The van der Waals surface area contributed by atoms with Gasteiger partial charge in [-0.25, -0.2) is 13.1 Å². The van der Waals surface area contributed by atoms with Crippen LogP contribution >= 0.6 is 11.3 Å². The molecule has 1 N–H and O–H groups in total. The van der Waals surface area contributed by atoms with E-state index in [9.17, 15) is 23.3 Å². The molecule has 10 heteroatoms. The maximum absolute atomic E-state index is 12.7. The number of likely N-dealkylation sites (tertiary alicyclic amines) is 1. The summed E-state index contributed by atoms with van der Waals surface area (Å²) in [6, 6.07) is 1.07. The zero-order chi connectivity index (χ0) is 17.2. The molecule has 0 aliphatic carbocycles. The van der Waals surface area contributed by atoms with Gasteiger partial charge in [0.05, 0.1) is 20.9 Å². The highest BCUT2D eigenvalue weighted by Gasteiger charge is 2.30. The number of sulfonamides is 1. The maximum atomic E-state index is 12.7. The quantitative estimate of drug-likeness (QED) is 0.631. The van der Waals surface area contributed by atoms with Crippen LogP contribution < -0.4 is 4.72 Å². The van der Waals surface area contributed by atoms with Crippen LogP contribution in [0.25, 0.3) is 0 Å². The molecule has 1 saturated heterocycles. The first-order valence-corrected chi connectivity index (χ1v) is 9.90. The predicted octanol–water partition coefficient (Wildman–Crippen LogP) is 1.51. The molecule has 2 heterocycles. The van der Waals surface area contributed by atoms with Gasteiger partial charge in [-0.2, -0.15) is 0 Å². The molecule has 2 rings (SSSR count). The first-order chi connectivity index (χ1) is 10.7. The second-order valence-corrected chi connectivity index (χ2v) is 8.67. The van der Waals surface area contributed by atoms with Crippen molar-refractivity contribution < 1.29 is 18.1 Å². The normalized spacial score (nSPS) is 18.9. The molecule has 0 saturated carbocycles. The van der Waals surface area contributed by atoms with Gasteiger partial charge in [0.15, 0.2) is 0 Å². The first kappa shape index (κ1) is 17.8. The fourth-order valence-electron chi connectivity index (χ4n) is 2.63. The third-order valence-corrected chi connectivity index (χ3v) is 5.49. The molecule has 8 nitrogen and oxygen atoms in total. The van der Waals surface area contributed by atoms with E-state index in [1.165, 1.54) is 6.07 Å². The lowest BCUT2D eigenvalue weighted by atomic mass is 10.0. The Morgan fingerprint density at radius 1 is 1.52 bits per heavy atom. The first-order valence-electron chi connectivity index (χ1n) is 7.19. The molecular weight excluding hydrogens is 342 g/mol. The average Bonchev–Trinajstić information content (AvgIpc) is 2.86. The number of carbonyl (C=O) groups is 1. The molecule has 1 aliphatic rings. The molecule has 1 aliphatic heterocycles. The van der Waals surface area contributed by atoms with Crippen LogP contribution in [-0.2, 0) is 10.0 Å². The number of nitrogens with one attached hydrogen (secondary N) is 1. The van der Waals surface area contributed by atoms with Crippen LogP contribution in [-0.4, -0.2) is 49.5 Å². The topological polar surface area (TPSA) is 110 Å². The number of thiophene rings is 1. The summed E-state index contributed by atoms with van der Waals surface area (Å²) in [5, 5.41) is 10.9. The van der Waals surface area contributed by atoms with Gasteiger partial charge in [0.25, 0.3) is 11.6 Å². The van der Waals surface area contributed by atoms with E-state index in [4.69, 9.17) is 0 Å². The zero-order valence-corrected chi connectivity index (χ0v) is 14.6. The predicted molar refractivity (Wildman–Crippen MR) is 87.2 cm³/mol. The summed E-state index contributed by atoms with van der Waals surface area (Å²) in [6.07, 6.45) is 3.55. The molecule has 23 heavy (non-hydrogen) atoms. The van der Waals surface area contributed by atoms with Crippen LogP contribution in [0, 0.1) is 17.0 Å². The molecule has 1 aromatic heterocycles. The van der Waals surface area contributed by atoms with Gasteiger partial charge in [0.2, 0.25) is 10.0 Å². The lowest BCUT2D eigenvalue weighted by Crippen LogP contribution is -2.49. The number of piperidine rings is 1. The molecule has 0 radical (unpaired) electrons. The van der Waals surface area contributed by atoms with E-state index in [1.54, 1.807) is 11.8 Å². The van der Waals surface area contributed by atoms with E-state index >= 15 is 0 Å². The highest BCUT2D eigenvalue weighted by atomic mass is 32.2. The average molecular weight is 361 g/mol. The summed E-state index contributed by atoms with van der Waals surface area (Å²) in [4.78, 5) is 25.5. The van der Waals surface area contributed by atoms with Crippen molar-refractivity contribution in [3.05, 3.63) is 25.9 Å². The maximum Gasteiger partial charge on any atom is 0.283 e. The molecule has 1 unspecified atom stereocenters. The third-order valence-electron chi connectivity index (χ3n) is 3.77. The highest BCUT2D eigenvalue weighted by molar-refractivity contribution is 7.88. The van der Waals surface area contributed by atoms with Crippen LogP contribution in [0.15, 0.2) is 6.07 Å². The largest absolute Gasteiger partial charge is 0.334 e. The van der Waals surface area contributed by atoms with Crippen molar-refractivity contribution in [3.8, 4) is 0 Å². The van der Waals surface area contributed by atoms with E-state index in [1.807, 2.05) is 0 Å². The minimum absolute atomic E-state index is 0.0545. The van der Waals surface area contributed by atoms with Gasteiger partial charge >= 0.3 is 0 Å². The molecule has 1 amide bonds. The number of nitro groups is 1. The monoisotopic (exact) mass is 361 g/mol. The zero-order valence-electron chi connectivity index (χ0n) is 12.9. The van der Waals surface area contributed by atoms with Crippen molar-refractivity contribution in [1.29, 1.82) is 0 Å². The van der Waals surface area contributed by atoms with Crippen LogP contribution in [0.5, 0.6) is 0 Å². The van der Waals surface area contributed by atoms with Crippen molar-refractivity contribution in [1.82, 2.24) is 9.62 Å². The molecule has 1 fully saturated rings. The van der Waals surface area contributed by atoms with Crippen molar-refractivity contribution >= 4 is 33.0 Å². The number of hydrogen-bond acceptors (Lipinski definition) is 6. The minimum atomic E-state index is -3.33. The van der Waals surface area contributed by atoms with E-state index in [0.29, 0.717) is 22.7 Å². The molecule has 128 valence electrons. The summed E-state index contributed by atoms with van der Waals surface area (Å²) in [5.74, 6) is -0.272. The van der Waals surface area contributed by atoms with Crippen molar-refractivity contribution in [2.24, 2.45) is 0 Å². The number of amides is 1. The van der Waals surface area contributed by atoms with Crippen LogP contribution in [0.1, 0.15) is 33.8 Å². The Labute approximate surface area is 138 Å². The van der Waals surface area contributed by atoms with E-state index in [2.05, 4.69) is 4.72 Å². The number of nitrogens with zero attached hydrogens (tertiary/aromatic N) is 2. The minimum Gasteiger partial charge on any atom is -0.334 e. The van der Waals surface area contributed by atoms with Gasteiger partial charge < -0.3 is 4.90 Å². The summed E-state index contributed by atoms with van der Waals surface area (Å²) in [7, 11) is -3.33. The Morgan fingerprint density at radius 3 is 2.78 bits per heavy atom. The smallest absolute Gasteiger partial charge is 0.283 e. The van der Waals surface area contributed by atoms with Gasteiger partial charge in [0.1, 0.15) is 0 Å². The van der Waals surface area contributed by atoms with Gasteiger partial charge in [-0.1, -0.05) is 0 Å². The van der Waals surface area contributed by atoms with Gasteiger partial charge in [-0.3, -0.25) is 14.9 Å². The molecule has 1 aromatic rings. The van der Waals surface area contributed by atoms with Crippen molar-refractivity contribution in [2.45, 2.75) is 32.2 Å². The molecule has 0 bridgehead atoms. The van der Waals surface area contributed by atoms with E-state index in [0.717, 1.165) is 30.4 Å². The number of rotatable bonds is 5. The van der Waals surface area contributed by atoms with Crippen molar-refractivity contribution in [2.75, 3.05) is 19.3 Å². The number of hydrogen-bond donors (Lipinski definition) is 1. The van der Waals surface area contributed by atoms with Crippen LogP contribution in [0.4, 0.5) is 5.69 Å². The second kappa shape index (κ2) is 6.93. The Bertz CT molecular complexity index is 713. The lowest BCUT2D eigenvalue weighted by Gasteiger charge is -2.35. The fraction of sp³-hybridized carbons (Fsp3) is 0.615. The Hall–Kier alpha value is -1.52. The van der Waals surface area contributed by atoms with Gasteiger partial charge in [-0.05, 0) is 26.2 Å². The number of carbonyl (C=O) groups excluding carboxylic acids is 1. The highest BCUT2D eigenvalue weighted by Crippen LogP contribution is 2.30. The molecule has 0 aromatic carbocycles. The standard InChI is InChI=1S/C13H19N3O5S2/c1-9-11(16(18)19)7-12(22-9)13(17)15-6-4-3-5-10(15)8-14-23(2,20)21/h7,10,14H,3-6,8H2,1-2H3. The second-order valence-electron chi connectivity index (χ2n) is 5.58. The molecule has 0 spiro atoms. The van der Waals surface area contributed by atoms with Gasteiger partial charge in [-0.15, -0.1) is 11.3 Å². The lowest BCUT2D eigenvalue weighted by molar-refractivity contribution is -0.385. The van der Waals surface area contributed by atoms with E-state index in [-0.39, 0.29) is 24.2 Å².